The summed E-state index contributed by atoms with van der Waals surface area (Å²) in [6.45, 7) is 6.91. The topological polar surface area (TPSA) is 24.9 Å². The van der Waals surface area contributed by atoms with Gasteiger partial charge in [0.2, 0.25) is 0 Å². The zero-order chi connectivity index (χ0) is 13.8. The monoisotopic (exact) mass is 296 g/mol. The van der Waals surface area contributed by atoms with Gasteiger partial charge >= 0.3 is 0 Å². The molecule has 2 rings (SSSR count). The van der Waals surface area contributed by atoms with E-state index in [2.05, 4.69) is 17.2 Å². The highest BCUT2D eigenvalue weighted by Crippen LogP contribution is 2.36. The summed E-state index contributed by atoms with van der Waals surface area (Å²) in [6, 6.07) is 5.36. The second-order valence-corrected chi connectivity index (χ2v) is 6.41. The Morgan fingerprint density at radius 1 is 1.47 bits per heavy atom. The van der Waals surface area contributed by atoms with Crippen molar-refractivity contribution in [2.45, 2.75) is 36.0 Å². The van der Waals surface area contributed by atoms with Gasteiger partial charge in [-0.15, -0.1) is 11.3 Å². The number of hydrogen-bond acceptors (Lipinski definition) is 4. The lowest BCUT2D eigenvalue weighted by atomic mass is 10.1. The number of halogens is 1. The predicted molar refractivity (Wildman–Crippen MR) is 79.5 cm³/mol. The minimum absolute atomic E-state index is 0.129. The summed E-state index contributed by atoms with van der Waals surface area (Å²) in [4.78, 5) is 5.06. The van der Waals surface area contributed by atoms with Gasteiger partial charge < -0.3 is 5.32 Å². The molecule has 1 atom stereocenters. The van der Waals surface area contributed by atoms with Crippen LogP contribution in [-0.2, 0) is 0 Å². The van der Waals surface area contributed by atoms with E-state index in [9.17, 15) is 4.39 Å². The molecule has 0 amide bonds. The Bertz CT molecular complexity index is 554. The Hall–Kier alpha value is -0.910. The molecule has 2 aromatic rings. The molecule has 1 aromatic carbocycles. The van der Waals surface area contributed by atoms with E-state index in [1.807, 2.05) is 25.3 Å². The highest BCUT2D eigenvalue weighted by Gasteiger charge is 2.16. The first kappa shape index (κ1) is 14.5. The minimum Gasteiger partial charge on any atom is -0.310 e. The standard InChI is InChI=1S/C14H17FN2S2/c1-4-16-10(3)11-6-5-7-12(15)13(11)19-14-17-9(2)8-18-14/h5-8,10,16H,4H2,1-3H3. The van der Waals surface area contributed by atoms with Crippen molar-refractivity contribution in [3.8, 4) is 0 Å². The number of rotatable bonds is 5. The van der Waals surface area contributed by atoms with E-state index in [-0.39, 0.29) is 11.9 Å². The normalized spacial score (nSPS) is 12.6. The molecular formula is C14H17FN2S2. The van der Waals surface area contributed by atoms with Crippen molar-refractivity contribution in [1.29, 1.82) is 0 Å². The summed E-state index contributed by atoms with van der Waals surface area (Å²) >= 11 is 2.96. The zero-order valence-electron chi connectivity index (χ0n) is 11.2. The van der Waals surface area contributed by atoms with Crippen LogP contribution in [0.1, 0.15) is 31.1 Å². The first-order valence-corrected chi connectivity index (χ1v) is 7.93. The number of nitrogens with zero attached hydrogens (tertiary/aromatic N) is 1. The van der Waals surface area contributed by atoms with Crippen LogP contribution in [0.5, 0.6) is 0 Å². The lowest BCUT2D eigenvalue weighted by Gasteiger charge is -2.16. The number of benzene rings is 1. The molecule has 0 aliphatic rings. The van der Waals surface area contributed by atoms with Crippen molar-refractivity contribution in [3.05, 3.63) is 40.7 Å². The third-order valence-electron chi connectivity index (χ3n) is 2.76. The van der Waals surface area contributed by atoms with Crippen LogP contribution in [0.15, 0.2) is 32.8 Å². The third-order valence-corrected chi connectivity index (χ3v) is 4.95. The van der Waals surface area contributed by atoms with E-state index in [0.717, 1.165) is 22.1 Å². The zero-order valence-corrected chi connectivity index (χ0v) is 12.9. The molecule has 0 fully saturated rings. The molecule has 0 saturated heterocycles. The third kappa shape index (κ3) is 3.55. The van der Waals surface area contributed by atoms with Crippen molar-refractivity contribution in [2.75, 3.05) is 6.54 Å². The van der Waals surface area contributed by atoms with Crippen molar-refractivity contribution in [3.63, 3.8) is 0 Å². The fourth-order valence-corrected chi connectivity index (χ4v) is 3.86. The van der Waals surface area contributed by atoms with Gasteiger partial charge in [-0.25, -0.2) is 9.37 Å². The molecule has 0 spiro atoms. The maximum atomic E-state index is 14.1. The summed E-state index contributed by atoms with van der Waals surface area (Å²) < 4.78 is 15.0. The molecule has 1 heterocycles. The molecule has 5 heteroatoms. The quantitative estimate of drug-likeness (QED) is 0.884. The predicted octanol–water partition coefficient (Wildman–Crippen LogP) is 4.41. The molecule has 0 aliphatic carbocycles. The van der Waals surface area contributed by atoms with Gasteiger partial charge in [0, 0.05) is 17.1 Å². The summed E-state index contributed by atoms with van der Waals surface area (Å²) in [7, 11) is 0. The van der Waals surface area contributed by atoms with E-state index in [1.54, 1.807) is 17.4 Å². The van der Waals surface area contributed by atoms with Crippen molar-refractivity contribution in [2.24, 2.45) is 0 Å². The highest BCUT2D eigenvalue weighted by atomic mass is 32.2. The number of aromatic nitrogens is 1. The summed E-state index contributed by atoms with van der Waals surface area (Å²) in [6.07, 6.45) is 0. The van der Waals surface area contributed by atoms with Gasteiger partial charge in [0.05, 0.1) is 4.90 Å². The maximum absolute atomic E-state index is 14.1. The van der Waals surface area contributed by atoms with Crippen LogP contribution in [0, 0.1) is 12.7 Å². The number of aryl methyl sites for hydroxylation is 1. The summed E-state index contributed by atoms with van der Waals surface area (Å²) in [5, 5.41) is 5.31. The van der Waals surface area contributed by atoms with Crippen LogP contribution in [0.25, 0.3) is 0 Å². The van der Waals surface area contributed by atoms with Gasteiger partial charge in [-0.1, -0.05) is 30.8 Å². The Labute approximate surface area is 121 Å². The Morgan fingerprint density at radius 2 is 2.26 bits per heavy atom. The molecule has 0 bridgehead atoms. The fraction of sp³-hybridized carbons (Fsp3) is 0.357. The largest absolute Gasteiger partial charge is 0.310 e. The van der Waals surface area contributed by atoms with Crippen molar-refractivity contribution < 1.29 is 4.39 Å². The van der Waals surface area contributed by atoms with Crippen LogP contribution in [0.2, 0.25) is 0 Å². The molecule has 1 unspecified atom stereocenters. The van der Waals surface area contributed by atoms with Crippen molar-refractivity contribution >= 4 is 23.1 Å². The first-order chi connectivity index (χ1) is 9.11. The number of thiazole rings is 1. The van der Waals surface area contributed by atoms with Crippen LogP contribution in [-0.4, -0.2) is 11.5 Å². The van der Waals surface area contributed by atoms with Crippen LogP contribution in [0.4, 0.5) is 4.39 Å². The second kappa shape index (κ2) is 6.50. The molecule has 0 radical (unpaired) electrons. The average molecular weight is 296 g/mol. The molecule has 2 nitrogen and oxygen atoms in total. The summed E-state index contributed by atoms with van der Waals surface area (Å²) in [5.41, 5.74) is 1.96. The SMILES string of the molecule is CCNC(C)c1cccc(F)c1Sc1nc(C)cs1. The Morgan fingerprint density at radius 3 is 2.89 bits per heavy atom. The summed E-state index contributed by atoms with van der Waals surface area (Å²) in [5.74, 6) is -0.180. The van der Waals surface area contributed by atoms with E-state index >= 15 is 0 Å². The van der Waals surface area contributed by atoms with Crippen LogP contribution < -0.4 is 5.32 Å². The van der Waals surface area contributed by atoms with Gasteiger partial charge in [-0.2, -0.15) is 0 Å². The van der Waals surface area contributed by atoms with E-state index in [0.29, 0.717) is 4.90 Å². The lowest BCUT2D eigenvalue weighted by molar-refractivity contribution is 0.558. The molecule has 1 aromatic heterocycles. The van der Waals surface area contributed by atoms with Crippen LogP contribution in [0.3, 0.4) is 0 Å². The van der Waals surface area contributed by atoms with Gasteiger partial charge in [0.1, 0.15) is 5.82 Å². The Balaban J connectivity index is 2.32. The highest BCUT2D eigenvalue weighted by molar-refractivity contribution is 8.01. The molecule has 0 aliphatic heterocycles. The smallest absolute Gasteiger partial charge is 0.155 e. The Kier molecular flexibility index (Phi) is 4.96. The van der Waals surface area contributed by atoms with E-state index in [1.165, 1.54) is 17.8 Å². The van der Waals surface area contributed by atoms with Crippen LogP contribution >= 0.6 is 23.1 Å². The first-order valence-electron chi connectivity index (χ1n) is 6.23. The van der Waals surface area contributed by atoms with Gasteiger partial charge in [-0.05, 0) is 32.0 Å². The molecule has 0 saturated carbocycles. The second-order valence-electron chi connectivity index (χ2n) is 4.29. The number of nitrogens with one attached hydrogen (secondary N) is 1. The maximum Gasteiger partial charge on any atom is 0.155 e. The molecule has 1 N–H and O–H groups in total. The van der Waals surface area contributed by atoms with Gasteiger partial charge in [-0.3, -0.25) is 0 Å². The number of hydrogen-bond donors (Lipinski definition) is 1. The van der Waals surface area contributed by atoms with Crippen molar-refractivity contribution in [1.82, 2.24) is 10.3 Å². The fourth-order valence-electron chi connectivity index (χ4n) is 1.86. The lowest BCUT2D eigenvalue weighted by Crippen LogP contribution is -2.18. The molecule has 19 heavy (non-hydrogen) atoms. The minimum atomic E-state index is -0.180. The van der Waals surface area contributed by atoms with Gasteiger partial charge in [0.15, 0.2) is 4.34 Å². The van der Waals surface area contributed by atoms with Gasteiger partial charge in [0.25, 0.3) is 0 Å². The van der Waals surface area contributed by atoms with E-state index < -0.39 is 0 Å². The molecule has 102 valence electrons. The average Bonchev–Trinajstić information content (AvgIpc) is 2.78. The van der Waals surface area contributed by atoms with E-state index in [4.69, 9.17) is 0 Å². The molecular weight excluding hydrogens is 279 g/mol.